The number of nitrogens with zero attached hydrogens (tertiary/aromatic N) is 4. The van der Waals surface area contributed by atoms with Crippen molar-refractivity contribution in [3.63, 3.8) is 0 Å². The molecular formula is C27H32N4O3. The predicted molar refractivity (Wildman–Crippen MR) is 129 cm³/mol. The molecule has 0 saturated carbocycles. The van der Waals surface area contributed by atoms with Crippen molar-refractivity contribution < 1.29 is 14.4 Å². The fourth-order valence-electron chi connectivity index (χ4n) is 5.69. The Labute approximate surface area is 200 Å². The third kappa shape index (κ3) is 4.08. The molecular weight excluding hydrogens is 428 g/mol. The highest BCUT2D eigenvalue weighted by atomic mass is 16.2. The van der Waals surface area contributed by atoms with Gasteiger partial charge in [0.1, 0.15) is 0 Å². The van der Waals surface area contributed by atoms with E-state index in [1.54, 1.807) is 12.3 Å². The third-order valence-corrected chi connectivity index (χ3v) is 7.59. The van der Waals surface area contributed by atoms with Crippen LogP contribution < -0.4 is 4.90 Å². The lowest BCUT2D eigenvalue weighted by Gasteiger charge is -2.40. The number of fused-ring (bicyclic) bond motifs is 1. The average Bonchev–Trinajstić information content (AvgIpc) is 3.14. The minimum atomic E-state index is -0.270. The summed E-state index contributed by atoms with van der Waals surface area (Å²) in [6.07, 6.45) is 7.65. The van der Waals surface area contributed by atoms with E-state index in [1.807, 2.05) is 30.3 Å². The van der Waals surface area contributed by atoms with E-state index >= 15 is 0 Å². The van der Waals surface area contributed by atoms with E-state index in [4.69, 9.17) is 0 Å². The lowest BCUT2D eigenvalue weighted by Crippen LogP contribution is -2.48. The Balaban J connectivity index is 1.30. The summed E-state index contributed by atoms with van der Waals surface area (Å²) in [5.74, 6) is -0.192. The van der Waals surface area contributed by atoms with Gasteiger partial charge in [0.25, 0.3) is 11.8 Å². The number of benzene rings is 1. The van der Waals surface area contributed by atoms with Crippen LogP contribution in [0.15, 0.2) is 42.6 Å². The first kappa shape index (κ1) is 22.6. The Morgan fingerprint density at radius 3 is 2.53 bits per heavy atom. The van der Waals surface area contributed by atoms with Crippen molar-refractivity contribution in [2.45, 2.75) is 58.0 Å². The van der Waals surface area contributed by atoms with E-state index in [-0.39, 0.29) is 24.3 Å². The van der Waals surface area contributed by atoms with Gasteiger partial charge in [-0.05, 0) is 62.8 Å². The quantitative estimate of drug-likeness (QED) is 0.633. The largest absolute Gasteiger partial charge is 0.371 e. The molecule has 4 heterocycles. The molecule has 0 bridgehead atoms. The molecule has 7 heteroatoms. The molecule has 1 aromatic carbocycles. The smallest absolute Gasteiger partial charge is 0.264 e. The molecule has 7 nitrogen and oxygen atoms in total. The standard InChI is InChI=1S/C27H32N4O3/c1-2-21-9-4-6-15-30(21)25(32)19-12-16-29(17-13-19)23-11-7-10-22-24(23)27(34)31(26(22)33)18-20-8-3-5-14-28-20/h3,5,7-8,10-11,14,19,21H,2,4,6,9,12-13,15-18H2,1H3. The molecule has 3 aliphatic heterocycles. The third-order valence-electron chi connectivity index (χ3n) is 7.59. The van der Waals surface area contributed by atoms with Gasteiger partial charge in [-0.15, -0.1) is 0 Å². The number of carbonyl (C=O) groups excluding carboxylic acids is 3. The molecule has 34 heavy (non-hydrogen) atoms. The first-order valence-electron chi connectivity index (χ1n) is 12.5. The summed E-state index contributed by atoms with van der Waals surface area (Å²) in [6, 6.07) is 11.4. The number of imide groups is 1. The molecule has 0 N–H and O–H groups in total. The van der Waals surface area contributed by atoms with Crippen LogP contribution in [0.5, 0.6) is 0 Å². The molecule has 2 fully saturated rings. The first-order valence-corrected chi connectivity index (χ1v) is 12.5. The number of anilines is 1. The van der Waals surface area contributed by atoms with Crippen LogP contribution in [-0.2, 0) is 11.3 Å². The van der Waals surface area contributed by atoms with Crippen molar-refractivity contribution in [1.29, 1.82) is 0 Å². The highest BCUT2D eigenvalue weighted by molar-refractivity contribution is 6.23. The molecule has 178 valence electrons. The van der Waals surface area contributed by atoms with E-state index in [0.717, 1.165) is 44.3 Å². The number of pyridine rings is 1. The Morgan fingerprint density at radius 2 is 1.79 bits per heavy atom. The van der Waals surface area contributed by atoms with Crippen LogP contribution in [0.3, 0.4) is 0 Å². The SMILES string of the molecule is CCC1CCCCN1C(=O)C1CCN(c2cccc3c2C(=O)N(Cc2ccccn2)C3=O)CC1. The zero-order valence-corrected chi connectivity index (χ0v) is 19.8. The Hall–Kier alpha value is -3.22. The van der Waals surface area contributed by atoms with Gasteiger partial charge in [0.15, 0.2) is 0 Å². The summed E-state index contributed by atoms with van der Waals surface area (Å²) < 4.78 is 0. The number of hydrogen-bond acceptors (Lipinski definition) is 5. The summed E-state index contributed by atoms with van der Waals surface area (Å²) in [6.45, 7) is 4.63. The number of piperidine rings is 2. The van der Waals surface area contributed by atoms with Crippen molar-refractivity contribution in [3.05, 3.63) is 59.4 Å². The zero-order valence-electron chi connectivity index (χ0n) is 19.8. The number of carbonyl (C=O) groups is 3. The van der Waals surface area contributed by atoms with E-state index in [2.05, 4.69) is 21.7 Å². The summed E-state index contributed by atoms with van der Waals surface area (Å²) in [5.41, 5.74) is 2.42. The highest BCUT2D eigenvalue weighted by Crippen LogP contribution is 2.35. The molecule has 2 aromatic rings. The second-order valence-electron chi connectivity index (χ2n) is 9.57. The topological polar surface area (TPSA) is 73.8 Å². The highest BCUT2D eigenvalue weighted by Gasteiger charge is 2.40. The molecule has 1 atom stereocenters. The molecule has 0 radical (unpaired) electrons. The number of rotatable bonds is 5. The second-order valence-corrected chi connectivity index (χ2v) is 9.57. The predicted octanol–water partition coefficient (Wildman–Crippen LogP) is 3.89. The van der Waals surface area contributed by atoms with E-state index in [9.17, 15) is 14.4 Å². The van der Waals surface area contributed by atoms with Gasteiger partial charge in [-0.2, -0.15) is 0 Å². The molecule has 2 saturated heterocycles. The van der Waals surface area contributed by atoms with E-state index in [1.165, 1.54) is 11.3 Å². The van der Waals surface area contributed by atoms with E-state index < -0.39 is 0 Å². The second kappa shape index (κ2) is 9.57. The van der Waals surface area contributed by atoms with Gasteiger partial charge in [-0.25, -0.2) is 0 Å². The normalized spacial score (nSPS) is 21.2. The van der Waals surface area contributed by atoms with Crippen LogP contribution in [0.1, 0.15) is 71.9 Å². The van der Waals surface area contributed by atoms with Crippen LogP contribution in [0, 0.1) is 5.92 Å². The summed E-state index contributed by atoms with van der Waals surface area (Å²) in [5, 5.41) is 0. The lowest BCUT2D eigenvalue weighted by molar-refractivity contribution is -0.140. The number of amides is 3. The molecule has 1 unspecified atom stereocenters. The Bertz CT molecular complexity index is 1080. The van der Waals surface area contributed by atoms with Crippen LogP contribution in [-0.4, -0.2) is 58.2 Å². The Kier molecular flexibility index (Phi) is 6.35. The summed E-state index contributed by atoms with van der Waals surface area (Å²) >= 11 is 0. The molecule has 3 amide bonds. The number of aromatic nitrogens is 1. The van der Waals surface area contributed by atoms with Gasteiger partial charge >= 0.3 is 0 Å². The van der Waals surface area contributed by atoms with Crippen LogP contribution in [0.25, 0.3) is 0 Å². The van der Waals surface area contributed by atoms with Gasteiger partial charge in [0, 0.05) is 37.8 Å². The van der Waals surface area contributed by atoms with Gasteiger partial charge in [0.05, 0.1) is 29.1 Å². The van der Waals surface area contributed by atoms with Crippen LogP contribution in [0.4, 0.5) is 5.69 Å². The van der Waals surface area contributed by atoms with Crippen LogP contribution >= 0.6 is 0 Å². The molecule has 5 rings (SSSR count). The zero-order chi connectivity index (χ0) is 23.7. The van der Waals surface area contributed by atoms with Gasteiger partial charge in [-0.1, -0.05) is 19.1 Å². The van der Waals surface area contributed by atoms with Gasteiger partial charge in [-0.3, -0.25) is 24.3 Å². The van der Waals surface area contributed by atoms with Gasteiger partial charge < -0.3 is 9.80 Å². The monoisotopic (exact) mass is 460 g/mol. The van der Waals surface area contributed by atoms with Gasteiger partial charge in [0.2, 0.25) is 5.91 Å². The maximum atomic E-state index is 13.3. The Morgan fingerprint density at radius 1 is 0.971 bits per heavy atom. The minimum absolute atomic E-state index is 0.0400. The average molecular weight is 461 g/mol. The number of hydrogen-bond donors (Lipinski definition) is 0. The minimum Gasteiger partial charge on any atom is -0.371 e. The first-order chi connectivity index (χ1) is 16.6. The summed E-state index contributed by atoms with van der Waals surface area (Å²) in [7, 11) is 0. The maximum absolute atomic E-state index is 13.3. The van der Waals surface area contributed by atoms with Crippen molar-refractivity contribution in [2.75, 3.05) is 24.5 Å². The molecule has 0 spiro atoms. The van der Waals surface area contributed by atoms with Crippen molar-refractivity contribution in [3.8, 4) is 0 Å². The lowest BCUT2D eigenvalue weighted by atomic mass is 9.91. The number of likely N-dealkylation sites (tertiary alicyclic amines) is 1. The molecule has 0 aliphatic carbocycles. The van der Waals surface area contributed by atoms with Crippen molar-refractivity contribution >= 4 is 23.4 Å². The van der Waals surface area contributed by atoms with E-state index in [0.29, 0.717) is 41.9 Å². The maximum Gasteiger partial charge on any atom is 0.264 e. The fourth-order valence-corrected chi connectivity index (χ4v) is 5.69. The van der Waals surface area contributed by atoms with Crippen molar-refractivity contribution in [2.24, 2.45) is 5.92 Å². The summed E-state index contributed by atoms with van der Waals surface area (Å²) in [4.78, 5) is 49.5. The molecule has 3 aliphatic rings. The molecule has 1 aromatic heterocycles. The van der Waals surface area contributed by atoms with Crippen molar-refractivity contribution in [1.82, 2.24) is 14.8 Å². The fraction of sp³-hybridized carbons (Fsp3) is 0.481. The van der Waals surface area contributed by atoms with Crippen LogP contribution in [0.2, 0.25) is 0 Å².